The number of anilines is 1. The maximum absolute atomic E-state index is 5.51. The lowest BCUT2D eigenvalue weighted by Gasteiger charge is -2.07. The van der Waals surface area contributed by atoms with Crippen LogP contribution in [0, 0.1) is 6.92 Å². The summed E-state index contributed by atoms with van der Waals surface area (Å²) < 4.78 is 0. The Morgan fingerprint density at radius 3 is 2.87 bits per heavy atom. The van der Waals surface area contributed by atoms with Crippen LogP contribution in [0.25, 0.3) is 0 Å². The van der Waals surface area contributed by atoms with Crippen LogP contribution in [-0.2, 0) is 6.54 Å². The zero-order valence-corrected chi connectivity index (χ0v) is 8.38. The minimum atomic E-state index is 0.253. The van der Waals surface area contributed by atoms with Crippen LogP contribution in [0.2, 0.25) is 0 Å². The Bertz CT molecular complexity index is 449. The normalized spacial score (nSPS) is 10.2. The third-order valence-electron chi connectivity index (χ3n) is 2.17. The first kappa shape index (κ1) is 9.45. The van der Waals surface area contributed by atoms with E-state index in [0.29, 0.717) is 6.54 Å². The van der Waals surface area contributed by atoms with E-state index in [9.17, 15) is 0 Å². The number of aromatic nitrogens is 4. The Labute approximate surface area is 87.1 Å². The van der Waals surface area contributed by atoms with Crippen molar-refractivity contribution in [1.82, 2.24) is 20.3 Å². The lowest BCUT2D eigenvalue weighted by molar-refractivity contribution is 0.692. The Kier molecular flexibility index (Phi) is 2.49. The van der Waals surface area contributed by atoms with Gasteiger partial charge >= 0.3 is 0 Å². The van der Waals surface area contributed by atoms with Gasteiger partial charge in [0.25, 0.3) is 5.95 Å². The monoisotopic (exact) mass is 204 g/mol. The molecular weight excluding hydrogens is 192 g/mol. The fourth-order valence-electron chi connectivity index (χ4n) is 1.28. The molecule has 0 unspecified atom stereocenters. The first-order chi connectivity index (χ1) is 7.27. The molecule has 78 valence electrons. The Hall–Kier alpha value is -2.11. The summed E-state index contributed by atoms with van der Waals surface area (Å²) in [5.74, 6) is 0.253. The zero-order chi connectivity index (χ0) is 10.7. The van der Waals surface area contributed by atoms with Gasteiger partial charge in [0.2, 0.25) is 0 Å². The first-order valence-corrected chi connectivity index (χ1v) is 4.59. The zero-order valence-electron chi connectivity index (χ0n) is 8.38. The number of benzene rings is 1. The highest BCUT2D eigenvalue weighted by molar-refractivity contribution is 5.26. The molecule has 6 heteroatoms. The van der Waals surface area contributed by atoms with E-state index in [2.05, 4.69) is 33.9 Å². The van der Waals surface area contributed by atoms with Crippen LogP contribution < -0.4 is 11.2 Å². The topological polar surface area (TPSA) is 81.7 Å². The molecule has 0 radical (unpaired) electrons. The van der Waals surface area contributed by atoms with Gasteiger partial charge in [-0.15, -0.1) is 4.79 Å². The van der Waals surface area contributed by atoms with E-state index < -0.39 is 0 Å². The van der Waals surface area contributed by atoms with Crippen LogP contribution >= 0.6 is 0 Å². The highest BCUT2D eigenvalue weighted by Crippen LogP contribution is 2.06. The van der Waals surface area contributed by atoms with Crippen LogP contribution in [-0.4, -0.2) is 20.3 Å². The van der Waals surface area contributed by atoms with Crippen molar-refractivity contribution >= 4 is 5.95 Å². The molecule has 0 aliphatic carbocycles. The van der Waals surface area contributed by atoms with Gasteiger partial charge in [-0.2, -0.15) is 0 Å². The van der Waals surface area contributed by atoms with Gasteiger partial charge in [0.05, 0.1) is 6.54 Å². The molecule has 1 aromatic heterocycles. The number of nitrogens with zero attached hydrogens (tertiary/aromatic N) is 4. The maximum atomic E-state index is 5.51. The fraction of sp³-hybridized carbons (Fsp3) is 0.222. The first-order valence-electron chi connectivity index (χ1n) is 4.59. The molecule has 2 rings (SSSR count). The third-order valence-corrected chi connectivity index (χ3v) is 2.17. The molecular formula is C9H12N6. The predicted octanol–water partition coefficient (Wildman–Crippen LogP) is 0.307. The lowest BCUT2D eigenvalue weighted by atomic mass is 10.1. The summed E-state index contributed by atoms with van der Waals surface area (Å²) in [5, 5.41) is 10.7. The summed E-state index contributed by atoms with van der Waals surface area (Å²) >= 11 is 0. The highest BCUT2D eigenvalue weighted by atomic mass is 15.7. The van der Waals surface area contributed by atoms with Gasteiger partial charge in [0.1, 0.15) is 0 Å². The summed E-state index contributed by atoms with van der Waals surface area (Å²) in [5.41, 5.74) is 10.9. The Balaban J connectivity index is 2.06. The molecule has 0 bridgehead atoms. The average molecular weight is 204 g/mol. The summed E-state index contributed by atoms with van der Waals surface area (Å²) in [6, 6.07) is 8.10. The van der Waals surface area contributed by atoms with Crippen molar-refractivity contribution in [3.63, 3.8) is 0 Å². The maximum Gasteiger partial charge on any atom is 0.260 e. The number of hydrogen-bond donors (Lipinski definition) is 2. The second-order valence-electron chi connectivity index (χ2n) is 3.21. The van der Waals surface area contributed by atoms with E-state index in [1.165, 1.54) is 15.9 Å². The van der Waals surface area contributed by atoms with Crippen LogP contribution in [0.5, 0.6) is 0 Å². The van der Waals surface area contributed by atoms with E-state index in [0.717, 1.165) is 0 Å². The van der Waals surface area contributed by atoms with Crippen LogP contribution in [0.3, 0.4) is 0 Å². The van der Waals surface area contributed by atoms with Gasteiger partial charge in [0.15, 0.2) is 0 Å². The highest BCUT2D eigenvalue weighted by Gasteiger charge is 2.00. The molecule has 1 heterocycles. The largest absolute Gasteiger partial charge is 0.365 e. The van der Waals surface area contributed by atoms with Gasteiger partial charge in [0, 0.05) is 0 Å². The molecule has 0 saturated carbocycles. The molecule has 2 aromatic rings. The number of nitrogens with two attached hydrogens (primary N) is 1. The number of hydrogen-bond acceptors (Lipinski definition) is 5. The Morgan fingerprint density at radius 1 is 1.40 bits per heavy atom. The van der Waals surface area contributed by atoms with Crippen molar-refractivity contribution in [2.75, 3.05) is 11.2 Å². The van der Waals surface area contributed by atoms with Crippen LogP contribution in [0.1, 0.15) is 11.1 Å². The smallest absolute Gasteiger partial charge is 0.260 e. The van der Waals surface area contributed by atoms with Gasteiger partial charge in [-0.1, -0.05) is 29.4 Å². The van der Waals surface area contributed by atoms with Crippen molar-refractivity contribution < 1.29 is 0 Å². The minimum Gasteiger partial charge on any atom is -0.365 e. The minimum absolute atomic E-state index is 0.253. The number of rotatable bonds is 3. The van der Waals surface area contributed by atoms with E-state index in [-0.39, 0.29) is 5.95 Å². The second kappa shape index (κ2) is 3.95. The molecule has 1 aromatic carbocycles. The Morgan fingerprint density at radius 2 is 2.20 bits per heavy atom. The standard InChI is InChI=1S/C9H12N6/c1-7-4-2-3-5-8(7)6-11-15-9(10)12-13-14-15/h2-5,11H,6H2,1H3,(H2,10,12,14). The molecule has 0 amide bonds. The molecule has 0 aliphatic heterocycles. The van der Waals surface area contributed by atoms with E-state index in [4.69, 9.17) is 5.73 Å². The summed E-state index contributed by atoms with van der Waals surface area (Å²) in [7, 11) is 0. The van der Waals surface area contributed by atoms with Crippen molar-refractivity contribution in [2.24, 2.45) is 0 Å². The van der Waals surface area contributed by atoms with E-state index >= 15 is 0 Å². The molecule has 3 N–H and O–H groups in total. The number of tetrazole rings is 1. The van der Waals surface area contributed by atoms with Gasteiger partial charge in [-0.05, 0) is 28.5 Å². The molecule has 0 fully saturated rings. The van der Waals surface area contributed by atoms with Crippen molar-refractivity contribution in [1.29, 1.82) is 0 Å². The van der Waals surface area contributed by atoms with Crippen LogP contribution in [0.4, 0.5) is 5.95 Å². The van der Waals surface area contributed by atoms with E-state index in [1.54, 1.807) is 0 Å². The van der Waals surface area contributed by atoms with Crippen LogP contribution in [0.15, 0.2) is 24.3 Å². The van der Waals surface area contributed by atoms with E-state index in [1.807, 2.05) is 18.2 Å². The van der Waals surface area contributed by atoms with Gasteiger partial charge in [-0.3, -0.25) is 0 Å². The second-order valence-corrected chi connectivity index (χ2v) is 3.21. The molecule has 0 atom stereocenters. The molecule has 0 spiro atoms. The van der Waals surface area contributed by atoms with Crippen molar-refractivity contribution in [3.8, 4) is 0 Å². The van der Waals surface area contributed by atoms with Crippen molar-refractivity contribution in [2.45, 2.75) is 13.5 Å². The summed E-state index contributed by atoms with van der Waals surface area (Å²) in [4.78, 5) is 1.35. The molecule has 0 aliphatic rings. The SMILES string of the molecule is Cc1ccccc1CNn1nnnc1N. The number of nitrogens with one attached hydrogen (secondary N) is 1. The summed E-state index contributed by atoms with van der Waals surface area (Å²) in [6.07, 6.45) is 0. The fourth-order valence-corrected chi connectivity index (χ4v) is 1.28. The number of aryl methyl sites for hydroxylation is 1. The average Bonchev–Trinajstić information content (AvgIpc) is 2.63. The lowest BCUT2D eigenvalue weighted by Crippen LogP contribution is -2.18. The predicted molar refractivity (Wildman–Crippen MR) is 56.5 cm³/mol. The molecule has 6 nitrogen and oxygen atoms in total. The molecule has 15 heavy (non-hydrogen) atoms. The molecule has 0 saturated heterocycles. The number of nitrogen functional groups attached to an aromatic ring is 1. The third kappa shape index (κ3) is 2.04. The quantitative estimate of drug-likeness (QED) is 0.751. The summed E-state index contributed by atoms with van der Waals surface area (Å²) in [6.45, 7) is 2.70. The van der Waals surface area contributed by atoms with Crippen molar-refractivity contribution in [3.05, 3.63) is 35.4 Å². The van der Waals surface area contributed by atoms with Gasteiger partial charge < -0.3 is 11.2 Å². The van der Waals surface area contributed by atoms with Gasteiger partial charge in [-0.25, -0.2) is 0 Å².